The van der Waals surface area contributed by atoms with Gasteiger partial charge in [0.25, 0.3) is 5.91 Å². The first kappa shape index (κ1) is 18.3. The zero-order chi connectivity index (χ0) is 18.9. The lowest BCUT2D eigenvalue weighted by molar-refractivity contribution is -0.148. The van der Waals surface area contributed by atoms with Crippen molar-refractivity contribution in [2.75, 3.05) is 13.2 Å². The zero-order valence-corrected chi connectivity index (χ0v) is 14.6. The molecule has 8 nitrogen and oxygen atoms in total. The fourth-order valence-corrected chi connectivity index (χ4v) is 2.96. The molecule has 26 heavy (non-hydrogen) atoms. The van der Waals surface area contributed by atoms with E-state index in [1.807, 2.05) is 0 Å². The van der Waals surface area contributed by atoms with Crippen LogP contribution in [0.3, 0.4) is 0 Å². The van der Waals surface area contributed by atoms with Crippen molar-refractivity contribution in [1.29, 1.82) is 0 Å². The topological polar surface area (TPSA) is 106 Å². The van der Waals surface area contributed by atoms with E-state index >= 15 is 0 Å². The first-order valence-corrected chi connectivity index (χ1v) is 8.23. The van der Waals surface area contributed by atoms with E-state index in [9.17, 15) is 19.1 Å². The highest BCUT2D eigenvalue weighted by Crippen LogP contribution is 2.23. The Morgan fingerprint density at radius 2 is 2.08 bits per heavy atom. The maximum Gasteiger partial charge on any atom is 0.329 e. The molecule has 1 saturated heterocycles. The lowest BCUT2D eigenvalue weighted by Gasteiger charge is -2.33. The second kappa shape index (κ2) is 7.00. The second-order valence-electron chi connectivity index (χ2n) is 5.99. The molecule has 1 aromatic carbocycles. The maximum absolute atomic E-state index is 13.3. The third-order valence-corrected chi connectivity index (χ3v) is 4.66. The molecule has 0 atom stereocenters. The van der Waals surface area contributed by atoms with Crippen LogP contribution in [0.5, 0.6) is 0 Å². The quantitative estimate of drug-likeness (QED) is 0.834. The highest BCUT2D eigenvalue weighted by Gasteiger charge is 2.42. The number of hydrogen-bond donors (Lipinski definition) is 2. The number of rotatable bonds is 4. The highest BCUT2D eigenvalue weighted by molar-refractivity contribution is 6.30. The molecular formula is C16H16ClFN4O4. The molecule has 0 bridgehead atoms. The van der Waals surface area contributed by atoms with Gasteiger partial charge in [0.05, 0.1) is 16.4 Å². The molecule has 0 radical (unpaired) electrons. The van der Waals surface area contributed by atoms with Gasteiger partial charge in [-0.1, -0.05) is 16.8 Å². The average molecular weight is 383 g/mol. The molecule has 2 aromatic rings. The summed E-state index contributed by atoms with van der Waals surface area (Å²) in [4.78, 5) is 24.3. The molecule has 10 heteroatoms. The van der Waals surface area contributed by atoms with Crippen LogP contribution < -0.4 is 5.32 Å². The molecule has 138 valence electrons. The number of carboxylic acids is 1. The largest absolute Gasteiger partial charge is 0.480 e. The number of nitrogens with zero attached hydrogens (tertiary/aromatic N) is 3. The predicted molar refractivity (Wildman–Crippen MR) is 89.0 cm³/mol. The number of carboxylic acid groups (broad SMARTS) is 1. The van der Waals surface area contributed by atoms with E-state index in [4.69, 9.17) is 16.3 Å². The van der Waals surface area contributed by atoms with Crippen LogP contribution in [0.4, 0.5) is 4.39 Å². The van der Waals surface area contributed by atoms with E-state index in [1.54, 1.807) is 6.92 Å². The average Bonchev–Trinajstić information content (AvgIpc) is 2.99. The van der Waals surface area contributed by atoms with Crippen molar-refractivity contribution in [1.82, 2.24) is 20.3 Å². The van der Waals surface area contributed by atoms with Gasteiger partial charge in [0, 0.05) is 26.1 Å². The molecule has 1 amide bonds. The van der Waals surface area contributed by atoms with E-state index in [0.717, 1.165) is 0 Å². The van der Waals surface area contributed by atoms with Crippen LogP contribution in [-0.4, -0.2) is 50.7 Å². The maximum atomic E-state index is 13.3. The van der Waals surface area contributed by atoms with Gasteiger partial charge in [0.1, 0.15) is 11.4 Å². The lowest BCUT2D eigenvalue weighted by atomic mass is 9.90. The number of carbonyl (C=O) groups is 2. The summed E-state index contributed by atoms with van der Waals surface area (Å²) >= 11 is 5.77. The summed E-state index contributed by atoms with van der Waals surface area (Å²) in [5.74, 6) is -2.34. The molecule has 1 aliphatic rings. The third-order valence-electron chi connectivity index (χ3n) is 4.37. The highest BCUT2D eigenvalue weighted by atomic mass is 35.5. The minimum Gasteiger partial charge on any atom is -0.480 e. The van der Waals surface area contributed by atoms with E-state index in [0.29, 0.717) is 11.4 Å². The Hall–Kier alpha value is -2.52. The van der Waals surface area contributed by atoms with E-state index in [1.165, 1.54) is 22.9 Å². The Labute approximate surface area is 152 Å². The van der Waals surface area contributed by atoms with Crippen LogP contribution in [0, 0.1) is 12.7 Å². The number of nitrogens with one attached hydrogen (secondary N) is 1. The SMILES string of the molecule is Cc1c(C(=O)NC2(C(=O)O)CCOCC2)nnn1-c1ccc(F)c(Cl)c1. The van der Waals surface area contributed by atoms with Gasteiger partial charge < -0.3 is 15.2 Å². The number of aromatic nitrogens is 3. The van der Waals surface area contributed by atoms with Crippen molar-refractivity contribution in [3.8, 4) is 5.69 Å². The lowest BCUT2D eigenvalue weighted by Crippen LogP contribution is -2.57. The van der Waals surface area contributed by atoms with Gasteiger partial charge in [-0.2, -0.15) is 0 Å². The van der Waals surface area contributed by atoms with Gasteiger partial charge in [0.2, 0.25) is 0 Å². The van der Waals surface area contributed by atoms with Crippen LogP contribution in [-0.2, 0) is 9.53 Å². The summed E-state index contributed by atoms with van der Waals surface area (Å²) < 4.78 is 19.8. The normalized spacial score (nSPS) is 16.3. The number of hydrogen-bond acceptors (Lipinski definition) is 5. The standard InChI is InChI=1S/C16H16ClFN4O4/c1-9-13(14(23)19-16(15(24)25)4-6-26-7-5-16)20-21-22(9)10-2-3-12(18)11(17)8-10/h2-3,8H,4-7H2,1H3,(H,19,23)(H,24,25). The minimum absolute atomic E-state index is 0.0161. The summed E-state index contributed by atoms with van der Waals surface area (Å²) in [6.07, 6.45) is 0.323. The molecule has 0 saturated carbocycles. The van der Waals surface area contributed by atoms with Gasteiger partial charge in [0.15, 0.2) is 5.69 Å². The third kappa shape index (κ3) is 3.27. The van der Waals surface area contributed by atoms with Gasteiger partial charge in [-0.15, -0.1) is 5.10 Å². The molecule has 1 fully saturated rings. The Morgan fingerprint density at radius 1 is 1.38 bits per heavy atom. The number of halogens is 2. The van der Waals surface area contributed by atoms with Crippen LogP contribution in [0.25, 0.3) is 5.69 Å². The molecule has 0 aliphatic carbocycles. The van der Waals surface area contributed by atoms with Gasteiger partial charge >= 0.3 is 5.97 Å². The minimum atomic E-state index is -1.40. The first-order chi connectivity index (χ1) is 12.3. The predicted octanol–water partition coefficient (Wildman–Crippen LogP) is 1.73. The molecule has 1 aliphatic heterocycles. The van der Waals surface area contributed by atoms with Crippen molar-refractivity contribution >= 4 is 23.5 Å². The summed E-state index contributed by atoms with van der Waals surface area (Å²) in [6, 6.07) is 3.99. The number of benzene rings is 1. The van der Waals surface area contributed by atoms with Crippen LogP contribution in [0.1, 0.15) is 29.0 Å². The van der Waals surface area contributed by atoms with Crippen molar-refractivity contribution in [3.05, 3.63) is 40.4 Å². The Balaban J connectivity index is 1.88. The summed E-state index contributed by atoms with van der Waals surface area (Å²) in [7, 11) is 0. The molecular weight excluding hydrogens is 367 g/mol. The van der Waals surface area contributed by atoms with Gasteiger partial charge in [-0.3, -0.25) is 4.79 Å². The van der Waals surface area contributed by atoms with Crippen LogP contribution in [0.15, 0.2) is 18.2 Å². The Morgan fingerprint density at radius 3 is 2.69 bits per heavy atom. The van der Waals surface area contributed by atoms with Gasteiger partial charge in [-0.05, 0) is 25.1 Å². The fourth-order valence-electron chi connectivity index (χ4n) is 2.79. The van der Waals surface area contributed by atoms with E-state index in [2.05, 4.69) is 15.6 Å². The first-order valence-electron chi connectivity index (χ1n) is 7.85. The number of aliphatic carboxylic acids is 1. The molecule has 0 spiro atoms. The molecule has 0 unspecified atom stereocenters. The van der Waals surface area contributed by atoms with E-state index < -0.39 is 23.2 Å². The van der Waals surface area contributed by atoms with E-state index in [-0.39, 0.29) is 36.8 Å². The van der Waals surface area contributed by atoms with Crippen molar-refractivity contribution < 1.29 is 23.8 Å². The molecule has 2 heterocycles. The van der Waals surface area contributed by atoms with Crippen LogP contribution >= 0.6 is 11.6 Å². The fraction of sp³-hybridized carbons (Fsp3) is 0.375. The Kier molecular flexibility index (Phi) is 4.92. The summed E-state index contributed by atoms with van der Waals surface area (Å²) in [5, 5.41) is 19.7. The van der Waals surface area contributed by atoms with Crippen molar-refractivity contribution in [2.45, 2.75) is 25.3 Å². The second-order valence-corrected chi connectivity index (χ2v) is 6.39. The summed E-state index contributed by atoms with van der Waals surface area (Å²) in [6.45, 7) is 2.09. The van der Waals surface area contributed by atoms with Crippen LogP contribution in [0.2, 0.25) is 5.02 Å². The van der Waals surface area contributed by atoms with Crippen molar-refractivity contribution in [2.24, 2.45) is 0 Å². The number of carbonyl (C=O) groups excluding carboxylic acids is 1. The summed E-state index contributed by atoms with van der Waals surface area (Å²) in [5.41, 5.74) is -0.611. The smallest absolute Gasteiger partial charge is 0.329 e. The molecule has 1 aromatic heterocycles. The number of ether oxygens (including phenoxy) is 1. The monoisotopic (exact) mass is 382 g/mol. The Bertz CT molecular complexity index is 864. The van der Waals surface area contributed by atoms with Crippen molar-refractivity contribution in [3.63, 3.8) is 0 Å². The number of amides is 1. The van der Waals surface area contributed by atoms with Gasteiger partial charge in [-0.25, -0.2) is 13.9 Å². The molecule has 2 N–H and O–H groups in total. The zero-order valence-electron chi connectivity index (χ0n) is 13.8. The molecule has 3 rings (SSSR count).